The molecule has 1 aliphatic carbocycles. The van der Waals surface area contributed by atoms with E-state index in [4.69, 9.17) is 9.15 Å². The molecule has 2 fully saturated rings. The van der Waals surface area contributed by atoms with Gasteiger partial charge in [-0.05, 0) is 49.8 Å². The number of esters is 1. The van der Waals surface area contributed by atoms with Crippen LogP contribution in [0.5, 0.6) is 0 Å². The van der Waals surface area contributed by atoms with E-state index in [1.165, 1.54) is 11.0 Å². The van der Waals surface area contributed by atoms with E-state index in [-0.39, 0.29) is 30.3 Å². The molecular formula is C24H27NO6S. The van der Waals surface area contributed by atoms with E-state index in [1.54, 1.807) is 17.8 Å². The van der Waals surface area contributed by atoms with Crippen LogP contribution in [-0.2, 0) is 25.7 Å². The molecule has 0 spiro atoms. The average Bonchev–Trinajstić information content (AvgIpc) is 3.02. The summed E-state index contributed by atoms with van der Waals surface area (Å²) in [5.74, 6) is -1.12. The lowest BCUT2D eigenvalue weighted by molar-refractivity contribution is -0.159. The zero-order valence-electron chi connectivity index (χ0n) is 18.3. The first-order chi connectivity index (χ1) is 15.4. The van der Waals surface area contributed by atoms with Gasteiger partial charge in [0, 0.05) is 17.0 Å². The van der Waals surface area contributed by atoms with Crippen molar-refractivity contribution in [3.8, 4) is 0 Å². The third-order valence-corrected chi connectivity index (χ3v) is 7.05. The number of likely N-dealkylation sites (tertiary alicyclic amines) is 1. The molecule has 0 bridgehead atoms. The highest BCUT2D eigenvalue weighted by Crippen LogP contribution is 2.39. The fraction of sp³-hybridized carbons (Fsp3) is 0.500. The molecule has 7 nitrogen and oxygen atoms in total. The molecule has 2 aliphatic rings. The van der Waals surface area contributed by atoms with Crippen LogP contribution in [0.1, 0.15) is 43.2 Å². The van der Waals surface area contributed by atoms with E-state index in [0.29, 0.717) is 41.5 Å². The summed E-state index contributed by atoms with van der Waals surface area (Å²) in [4.78, 5) is 52.3. The van der Waals surface area contributed by atoms with E-state index < -0.39 is 17.6 Å². The lowest BCUT2D eigenvalue weighted by atomic mass is 9.81. The number of hydrogen-bond acceptors (Lipinski definition) is 7. The van der Waals surface area contributed by atoms with Gasteiger partial charge in [-0.25, -0.2) is 9.59 Å². The SMILES string of the molecule is CSCCC(C(=O)OCc1cc(=O)oc2cc(C)ccc12)N1C(=O)C2CCCCC2C1=O. The summed E-state index contributed by atoms with van der Waals surface area (Å²) >= 11 is 1.54. The van der Waals surface area contributed by atoms with Crippen LogP contribution in [0, 0.1) is 18.8 Å². The Labute approximate surface area is 190 Å². The molecule has 1 aromatic heterocycles. The predicted octanol–water partition coefficient (Wildman–Crippen LogP) is 3.44. The standard InChI is InChI=1S/C24H27NO6S/c1-14-7-8-16-15(12-21(26)31-20(16)11-14)13-30-24(29)19(9-10-32-2)25-22(27)17-5-3-4-6-18(17)23(25)28/h7-8,11-12,17-19H,3-6,9-10,13H2,1-2H3. The Kier molecular flexibility index (Phi) is 6.69. The lowest BCUT2D eigenvalue weighted by Gasteiger charge is -2.25. The largest absolute Gasteiger partial charge is 0.459 e. The number of fused-ring (bicyclic) bond motifs is 2. The summed E-state index contributed by atoms with van der Waals surface area (Å²) in [6, 6.07) is 5.83. The monoisotopic (exact) mass is 457 g/mol. The Morgan fingerprint density at radius 2 is 1.84 bits per heavy atom. The van der Waals surface area contributed by atoms with Crippen LogP contribution >= 0.6 is 11.8 Å². The number of amides is 2. The Balaban J connectivity index is 1.56. The van der Waals surface area contributed by atoms with Crippen molar-refractivity contribution in [1.29, 1.82) is 0 Å². The fourth-order valence-electron chi connectivity index (χ4n) is 4.78. The molecule has 8 heteroatoms. The second-order valence-electron chi connectivity index (χ2n) is 8.54. The molecule has 3 unspecified atom stereocenters. The van der Waals surface area contributed by atoms with E-state index in [1.807, 2.05) is 25.3 Å². The van der Waals surface area contributed by atoms with E-state index in [0.717, 1.165) is 18.4 Å². The molecule has 32 heavy (non-hydrogen) atoms. The molecular weight excluding hydrogens is 430 g/mol. The van der Waals surface area contributed by atoms with Crippen LogP contribution in [0.2, 0.25) is 0 Å². The number of carbonyl (C=O) groups is 3. The molecule has 1 saturated carbocycles. The van der Waals surface area contributed by atoms with Crippen molar-refractivity contribution in [2.24, 2.45) is 11.8 Å². The van der Waals surface area contributed by atoms with Gasteiger partial charge in [0.05, 0.1) is 11.8 Å². The van der Waals surface area contributed by atoms with E-state index in [9.17, 15) is 19.2 Å². The second kappa shape index (κ2) is 9.48. The fourth-order valence-corrected chi connectivity index (χ4v) is 5.24. The summed E-state index contributed by atoms with van der Waals surface area (Å²) in [6.07, 6.45) is 5.50. The molecule has 2 heterocycles. The van der Waals surface area contributed by atoms with Crippen molar-refractivity contribution in [3.05, 3.63) is 45.8 Å². The number of imide groups is 1. The predicted molar refractivity (Wildman–Crippen MR) is 121 cm³/mol. The topological polar surface area (TPSA) is 93.9 Å². The Bertz CT molecular complexity index is 1090. The minimum absolute atomic E-state index is 0.136. The summed E-state index contributed by atoms with van der Waals surface area (Å²) < 4.78 is 10.8. The first kappa shape index (κ1) is 22.6. The lowest BCUT2D eigenvalue weighted by Crippen LogP contribution is -2.46. The van der Waals surface area contributed by atoms with Crippen LogP contribution in [0.15, 0.2) is 33.5 Å². The van der Waals surface area contributed by atoms with Gasteiger partial charge in [0.2, 0.25) is 11.8 Å². The van der Waals surface area contributed by atoms with Crippen LogP contribution in [0.4, 0.5) is 0 Å². The highest BCUT2D eigenvalue weighted by Gasteiger charge is 2.52. The minimum atomic E-state index is -0.943. The molecule has 1 aliphatic heterocycles. The van der Waals surface area contributed by atoms with Crippen molar-refractivity contribution in [2.75, 3.05) is 12.0 Å². The van der Waals surface area contributed by atoms with Crippen molar-refractivity contribution in [2.45, 2.75) is 51.7 Å². The summed E-state index contributed by atoms with van der Waals surface area (Å²) in [7, 11) is 0. The Hall–Kier alpha value is -2.61. The first-order valence-corrected chi connectivity index (χ1v) is 12.4. The third-order valence-electron chi connectivity index (χ3n) is 6.41. The molecule has 4 rings (SSSR count). The van der Waals surface area contributed by atoms with Gasteiger partial charge in [-0.3, -0.25) is 14.5 Å². The number of rotatable bonds is 7. The maximum Gasteiger partial charge on any atom is 0.336 e. The van der Waals surface area contributed by atoms with Gasteiger partial charge in [0.1, 0.15) is 18.2 Å². The number of thioether (sulfide) groups is 1. The van der Waals surface area contributed by atoms with Crippen molar-refractivity contribution in [3.63, 3.8) is 0 Å². The maximum absolute atomic E-state index is 13.1. The van der Waals surface area contributed by atoms with Crippen LogP contribution < -0.4 is 5.63 Å². The second-order valence-corrected chi connectivity index (χ2v) is 9.52. The molecule has 0 N–H and O–H groups in total. The van der Waals surface area contributed by atoms with E-state index >= 15 is 0 Å². The van der Waals surface area contributed by atoms with Crippen molar-refractivity contribution in [1.82, 2.24) is 4.90 Å². The molecule has 1 aromatic carbocycles. The Morgan fingerprint density at radius 3 is 2.50 bits per heavy atom. The van der Waals surface area contributed by atoms with Gasteiger partial charge in [0.25, 0.3) is 0 Å². The number of aryl methyl sites for hydroxylation is 1. The molecule has 1 saturated heterocycles. The summed E-state index contributed by atoms with van der Waals surface area (Å²) in [5.41, 5.74) is 1.37. The van der Waals surface area contributed by atoms with Crippen molar-refractivity contribution < 1.29 is 23.5 Å². The number of carbonyl (C=O) groups excluding carboxylic acids is 3. The molecule has 2 aromatic rings. The molecule has 2 amide bonds. The highest BCUT2D eigenvalue weighted by molar-refractivity contribution is 7.98. The number of ether oxygens (including phenoxy) is 1. The third kappa shape index (κ3) is 4.33. The van der Waals surface area contributed by atoms with Gasteiger partial charge in [-0.1, -0.05) is 25.0 Å². The first-order valence-electron chi connectivity index (χ1n) is 11.0. The minimum Gasteiger partial charge on any atom is -0.459 e. The summed E-state index contributed by atoms with van der Waals surface area (Å²) in [5, 5.41) is 0.683. The quantitative estimate of drug-likeness (QED) is 0.357. The van der Waals surface area contributed by atoms with Gasteiger partial charge < -0.3 is 9.15 Å². The van der Waals surface area contributed by atoms with Gasteiger partial charge in [-0.15, -0.1) is 0 Å². The van der Waals surface area contributed by atoms with Crippen LogP contribution in [0.25, 0.3) is 11.0 Å². The highest BCUT2D eigenvalue weighted by atomic mass is 32.2. The van der Waals surface area contributed by atoms with Crippen LogP contribution in [-0.4, -0.2) is 40.7 Å². The van der Waals surface area contributed by atoms with Gasteiger partial charge >= 0.3 is 11.6 Å². The normalized spacial score (nSPS) is 21.6. The number of hydrogen-bond donors (Lipinski definition) is 0. The number of benzene rings is 1. The zero-order chi connectivity index (χ0) is 22.8. The van der Waals surface area contributed by atoms with Gasteiger partial charge in [-0.2, -0.15) is 11.8 Å². The zero-order valence-corrected chi connectivity index (χ0v) is 19.1. The Morgan fingerprint density at radius 1 is 1.16 bits per heavy atom. The molecule has 170 valence electrons. The summed E-state index contributed by atoms with van der Waals surface area (Å²) in [6.45, 7) is 1.76. The van der Waals surface area contributed by atoms with Crippen molar-refractivity contribution >= 4 is 40.5 Å². The van der Waals surface area contributed by atoms with Gasteiger partial charge in [0.15, 0.2) is 0 Å². The van der Waals surface area contributed by atoms with E-state index in [2.05, 4.69) is 0 Å². The molecule has 0 radical (unpaired) electrons. The maximum atomic E-state index is 13.1. The molecule has 3 atom stereocenters. The van der Waals surface area contributed by atoms with Crippen LogP contribution in [0.3, 0.4) is 0 Å². The average molecular weight is 458 g/mol. The smallest absolute Gasteiger partial charge is 0.336 e. The number of nitrogens with zero attached hydrogens (tertiary/aromatic N) is 1.